The first-order valence-electron chi connectivity index (χ1n) is 7.65. The molecule has 0 atom stereocenters. The Morgan fingerprint density at radius 2 is 2.04 bits per heavy atom. The molecule has 10 heteroatoms. The molecule has 1 aromatic heterocycles. The number of amides is 1. The highest BCUT2D eigenvalue weighted by Crippen LogP contribution is 2.28. The molecule has 28 heavy (non-hydrogen) atoms. The molecule has 0 aliphatic rings. The van der Waals surface area contributed by atoms with Crippen LogP contribution < -0.4 is 15.6 Å². The quantitative estimate of drug-likeness (QED) is 0.353. The first-order valence-corrected chi connectivity index (χ1v) is 9.99. The third-order valence-corrected chi connectivity index (χ3v) is 5.08. The minimum Gasteiger partial charge on any atom is -0.483 e. The predicted molar refractivity (Wildman–Crippen MR) is 116 cm³/mol. The summed E-state index contributed by atoms with van der Waals surface area (Å²) in [7, 11) is 0. The highest BCUT2D eigenvalue weighted by atomic mass is 79.9. The van der Waals surface area contributed by atoms with Crippen molar-refractivity contribution < 1.29 is 13.9 Å². The molecule has 2 aromatic carbocycles. The van der Waals surface area contributed by atoms with Crippen LogP contribution in [0.1, 0.15) is 5.56 Å². The SMILES string of the molecule is O=C(COc1ccc(Br)cc1Br)N/N=C/c1coc2c(Cl)cc(Cl)cc2c1=O. The molecule has 3 aromatic rings. The van der Waals surface area contributed by atoms with E-state index < -0.39 is 5.91 Å². The van der Waals surface area contributed by atoms with Gasteiger partial charge in [-0.25, -0.2) is 5.43 Å². The van der Waals surface area contributed by atoms with Crippen LogP contribution in [0.25, 0.3) is 11.0 Å². The third kappa shape index (κ3) is 4.94. The lowest BCUT2D eigenvalue weighted by Crippen LogP contribution is -2.25. The van der Waals surface area contributed by atoms with Crippen molar-refractivity contribution >= 4 is 78.2 Å². The molecule has 6 nitrogen and oxygen atoms in total. The summed E-state index contributed by atoms with van der Waals surface area (Å²) in [4.78, 5) is 24.3. The van der Waals surface area contributed by atoms with E-state index in [2.05, 4.69) is 42.4 Å². The number of halogens is 4. The number of fused-ring (bicyclic) bond motifs is 1. The number of nitrogens with one attached hydrogen (secondary N) is 1. The molecule has 0 saturated carbocycles. The van der Waals surface area contributed by atoms with E-state index in [1.165, 1.54) is 24.6 Å². The predicted octanol–water partition coefficient (Wildman–Crippen LogP) is 5.15. The molecule has 0 spiro atoms. The Morgan fingerprint density at radius 3 is 2.79 bits per heavy atom. The zero-order valence-corrected chi connectivity index (χ0v) is 18.5. The van der Waals surface area contributed by atoms with Crippen LogP contribution in [0.15, 0.2) is 59.9 Å². The van der Waals surface area contributed by atoms with Crippen LogP contribution in [0.3, 0.4) is 0 Å². The summed E-state index contributed by atoms with van der Waals surface area (Å²) >= 11 is 18.6. The highest BCUT2D eigenvalue weighted by Gasteiger charge is 2.10. The van der Waals surface area contributed by atoms with Gasteiger partial charge in [0.1, 0.15) is 12.0 Å². The first-order chi connectivity index (χ1) is 13.3. The van der Waals surface area contributed by atoms with Crippen LogP contribution in [0.4, 0.5) is 0 Å². The molecule has 0 aliphatic carbocycles. The molecule has 1 amide bonds. The largest absolute Gasteiger partial charge is 0.483 e. The van der Waals surface area contributed by atoms with Gasteiger partial charge in [0.05, 0.1) is 26.7 Å². The van der Waals surface area contributed by atoms with Gasteiger partial charge in [0.25, 0.3) is 5.91 Å². The summed E-state index contributed by atoms with van der Waals surface area (Å²) in [5.41, 5.74) is 2.26. The number of hydrazone groups is 1. The van der Waals surface area contributed by atoms with Gasteiger partial charge in [-0.2, -0.15) is 5.10 Å². The number of carbonyl (C=O) groups excluding carboxylic acids is 1. The molecule has 1 N–H and O–H groups in total. The summed E-state index contributed by atoms with van der Waals surface area (Å²) in [5, 5.41) is 4.51. The molecular formula is C18H10Br2Cl2N2O4. The van der Waals surface area contributed by atoms with Crippen LogP contribution >= 0.6 is 55.1 Å². The Morgan fingerprint density at radius 1 is 1.25 bits per heavy atom. The molecule has 0 unspecified atom stereocenters. The molecule has 0 bridgehead atoms. The van der Waals surface area contributed by atoms with Gasteiger partial charge in [0, 0.05) is 9.50 Å². The number of nitrogens with zero attached hydrogens (tertiary/aromatic N) is 1. The average Bonchev–Trinajstić information content (AvgIpc) is 2.63. The molecule has 0 radical (unpaired) electrons. The number of carbonyl (C=O) groups is 1. The van der Waals surface area contributed by atoms with Crippen molar-refractivity contribution in [3.8, 4) is 5.75 Å². The fourth-order valence-electron chi connectivity index (χ4n) is 2.21. The summed E-state index contributed by atoms with van der Waals surface area (Å²) in [5.74, 6) is 0.00796. The number of rotatable bonds is 5. The van der Waals surface area contributed by atoms with Gasteiger partial charge < -0.3 is 9.15 Å². The van der Waals surface area contributed by atoms with Crippen LogP contribution in [0, 0.1) is 0 Å². The lowest BCUT2D eigenvalue weighted by atomic mass is 10.2. The lowest BCUT2D eigenvalue weighted by Gasteiger charge is -2.07. The molecule has 0 aliphatic heterocycles. The van der Waals surface area contributed by atoms with Crippen LogP contribution in [-0.2, 0) is 4.79 Å². The fraction of sp³-hybridized carbons (Fsp3) is 0.0556. The third-order valence-electron chi connectivity index (χ3n) is 3.46. The summed E-state index contributed by atoms with van der Waals surface area (Å²) in [6.07, 6.45) is 2.38. The zero-order chi connectivity index (χ0) is 20.3. The van der Waals surface area contributed by atoms with E-state index in [0.29, 0.717) is 15.2 Å². The fourth-order valence-corrected chi connectivity index (χ4v) is 3.91. The Labute approximate surface area is 185 Å². The molecule has 1 heterocycles. The van der Waals surface area contributed by atoms with Crippen molar-refractivity contribution in [1.29, 1.82) is 0 Å². The lowest BCUT2D eigenvalue weighted by molar-refractivity contribution is -0.123. The van der Waals surface area contributed by atoms with E-state index in [1.54, 1.807) is 18.2 Å². The second kappa shape index (κ2) is 9.09. The van der Waals surface area contributed by atoms with E-state index in [4.69, 9.17) is 32.4 Å². The van der Waals surface area contributed by atoms with E-state index >= 15 is 0 Å². The van der Waals surface area contributed by atoms with Crippen molar-refractivity contribution in [3.05, 3.63) is 71.4 Å². The Kier molecular flexibility index (Phi) is 6.77. The normalized spacial score (nSPS) is 11.1. The minimum atomic E-state index is -0.498. The van der Waals surface area contributed by atoms with Crippen molar-refractivity contribution in [2.75, 3.05) is 6.61 Å². The molecular weight excluding hydrogens is 539 g/mol. The summed E-state index contributed by atoms with van der Waals surface area (Å²) in [6, 6.07) is 8.22. The summed E-state index contributed by atoms with van der Waals surface area (Å²) in [6.45, 7) is -0.255. The second-order valence-corrected chi connectivity index (χ2v) is 8.05. The van der Waals surface area contributed by atoms with Gasteiger partial charge >= 0.3 is 0 Å². The maximum Gasteiger partial charge on any atom is 0.277 e. The number of hydrogen-bond acceptors (Lipinski definition) is 5. The maximum absolute atomic E-state index is 12.5. The monoisotopic (exact) mass is 546 g/mol. The average molecular weight is 549 g/mol. The van der Waals surface area contributed by atoms with Gasteiger partial charge in [-0.05, 0) is 46.3 Å². The number of ether oxygens (including phenoxy) is 1. The van der Waals surface area contributed by atoms with Crippen LogP contribution in [0.2, 0.25) is 10.0 Å². The number of hydrogen-bond donors (Lipinski definition) is 1. The molecule has 0 saturated heterocycles. The van der Waals surface area contributed by atoms with Gasteiger partial charge in [-0.3, -0.25) is 9.59 Å². The van der Waals surface area contributed by atoms with Crippen molar-refractivity contribution in [2.45, 2.75) is 0 Å². The molecule has 144 valence electrons. The first kappa shape index (κ1) is 20.9. The topological polar surface area (TPSA) is 80.9 Å². The maximum atomic E-state index is 12.5. The van der Waals surface area contributed by atoms with Gasteiger partial charge in [-0.15, -0.1) is 0 Å². The smallest absolute Gasteiger partial charge is 0.277 e. The minimum absolute atomic E-state index is 0.128. The molecule has 3 rings (SSSR count). The van der Waals surface area contributed by atoms with E-state index in [9.17, 15) is 9.59 Å². The van der Waals surface area contributed by atoms with Gasteiger partial charge in [0.15, 0.2) is 12.2 Å². The standard InChI is InChI=1S/C18H10Br2Cl2N2O4/c19-10-1-2-15(13(20)3-10)27-8-16(25)24-23-6-9-7-28-18-12(17(9)26)4-11(21)5-14(18)22/h1-7H,8H2,(H,24,25)/b23-6+. The zero-order valence-electron chi connectivity index (χ0n) is 13.8. The van der Waals surface area contributed by atoms with Crippen molar-refractivity contribution in [3.63, 3.8) is 0 Å². The second-order valence-electron chi connectivity index (χ2n) is 5.44. The van der Waals surface area contributed by atoms with Gasteiger partial charge in [0.2, 0.25) is 5.43 Å². The Bertz CT molecular complexity index is 1150. The van der Waals surface area contributed by atoms with Crippen molar-refractivity contribution in [2.24, 2.45) is 5.10 Å². The van der Waals surface area contributed by atoms with Crippen LogP contribution in [-0.4, -0.2) is 18.7 Å². The highest BCUT2D eigenvalue weighted by molar-refractivity contribution is 9.11. The van der Waals surface area contributed by atoms with Crippen LogP contribution in [0.5, 0.6) is 5.75 Å². The van der Waals surface area contributed by atoms with E-state index in [1.807, 2.05) is 0 Å². The van der Waals surface area contributed by atoms with Crippen molar-refractivity contribution in [1.82, 2.24) is 5.43 Å². The molecule has 0 fully saturated rings. The van der Waals surface area contributed by atoms with E-state index in [-0.39, 0.29) is 33.6 Å². The summed E-state index contributed by atoms with van der Waals surface area (Å²) < 4.78 is 12.3. The Hall–Kier alpha value is -1.87. The van der Waals surface area contributed by atoms with Gasteiger partial charge in [-0.1, -0.05) is 39.1 Å². The van der Waals surface area contributed by atoms with E-state index in [0.717, 1.165) is 4.47 Å². The number of benzene rings is 2. The Balaban J connectivity index is 1.66.